The van der Waals surface area contributed by atoms with Crippen molar-refractivity contribution in [1.82, 2.24) is 9.97 Å². The summed E-state index contributed by atoms with van der Waals surface area (Å²) in [5, 5.41) is 25.4. The minimum Gasteiger partial charge on any atom is -0.486 e. The highest BCUT2D eigenvalue weighted by Gasteiger charge is 2.20. The first-order valence-electron chi connectivity index (χ1n) is 9.46. The van der Waals surface area contributed by atoms with Crippen LogP contribution in [0.4, 0.5) is 21.6 Å². The Morgan fingerprint density at radius 2 is 2.09 bits per heavy atom. The molecule has 2 N–H and O–H groups in total. The summed E-state index contributed by atoms with van der Waals surface area (Å²) < 4.78 is 24.9. The number of nitriles is 2. The van der Waals surface area contributed by atoms with Crippen molar-refractivity contribution < 1.29 is 13.9 Å². The van der Waals surface area contributed by atoms with Gasteiger partial charge in [0.05, 0.1) is 29.4 Å². The van der Waals surface area contributed by atoms with Gasteiger partial charge in [0.25, 0.3) is 0 Å². The van der Waals surface area contributed by atoms with Gasteiger partial charge in [-0.3, -0.25) is 5.43 Å². The van der Waals surface area contributed by atoms with Gasteiger partial charge in [-0.15, -0.1) is 0 Å². The predicted octanol–water partition coefficient (Wildman–Crippen LogP) is 4.15. The molecule has 1 aromatic heterocycles. The molecule has 0 bridgehead atoms. The zero-order valence-corrected chi connectivity index (χ0v) is 17.2. The number of nitrogens with zero attached hydrogens (tertiary/aromatic N) is 5. The number of hydrazone groups is 1. The van der Waals surface area contributed by atoms with Crippen LogP contribution in [-0.2, 0) is 4.74 Å². The van der Waals surface area contributed by atoms with Gasteiger partial charge in [0.1, 0.15) is 42.0 Å². The zero-order valence-electron chi connectivity index (χ0n) is 16.5. The molecule has 3 aromatic rings. The van der Waals surface area contributed by atoms with Crippen molar-refractivity contribution in [2.24, 2.45) is 5.10 Å². The second-order valence-corrected chi connectivity index (χ2v) is 7.15. The van der Waals surface area contributed by atoms with E-state index in [0.717, 1.165) is 6.42 Å². The van der Waals surface area contributed by atoms with E-state index in [1.807, 2.05) is 0 Å². The molecule has 0 spiro atoms. The molecule has 0 aliphatic carbocycles. The molecule has 1 aliphatic heterocycles. The number of hydrogen-bond acceptors (Lipinski definition) is 9. The number of aromatic nitrogens is 2. The van der Waals surface area contributed by atoms with Crippen LogP contribution in [-0.4, -0.2) is 35.0 Å². The molecule has 0 amide bonds. The summed E-state index contributed by atoms with van der Waals surface area (Å²) in [7, 11) is 0. The van der Waals surface area contributed by atoms with Gasteiger partial charge < -0.3 is 14.8 Å². The highest BCUT2D eigenvalue weighted by molar-refractivity contribution is 6.31. The molecule has 2 aromatic carbocycles. The van der Waals surface area contributed by atoms with E-state index < -0.39 is 5.82 Å². The SMILES string of the molecule is N#CC(C#N)=NNc1cc2c(Nc3ccc(F)c(Cl)c3)ncnc2cc1OC1CCOC1. The molecule has 32 heavy (non-hydrogen) atoms. The van der Waals surface area contributed by atoms with Crippen LogP contribution in [0.3, 0.4) is 0 Å². The Labute approximate surface area is 187 Å². The van der Waals surface area contributed by atoms with Crippen LogP contribution in [0.15, 0.2) is 41.8 Å². The summed E-state index contributed by atoms with van der Waals surface area (Å²) in [4.78, 5) is 8.57. The number of hydrogen-bond donors (Lipinski definition) is 2. The highest BCUT2D eigenvalue weighted by Crippen LogP contribution is 2.35. The summed E-state index contributed by atoms with van der Waals surface area (Å²) in [6.07, 6.45) is 1.96. The molecule has 0 radical (unpaired) electrons. The lowest BCUT2D eigenvalue weighted by Gasteiger charge is -2.17. The summed E-state index contributed by atoms with van der Waals surface area (Å²) in [5.74, 6) is 0.334. The highest BCUT2D eigenvalue weighted by atomic mass is 35.5. The van der Waals surface area contributed by atoms with Crippen molar-refractivity contribution in [2.75, 3.05) is 24.0 Å². The van der Waals surface area contributed by atoms with Crippen LogP contribution in [0, 0.1) is 28.5 Å². The van der Waals surface area contributed by atoms with Gasteiger partial charge >= 0.3 is 0 Å². The zero-order chi connectivity index (χ0) is 22.5. The molecule has 160 valence electrons. The molecule has 4 rings (SSSR count). The van der Waals surface area contributed by atoms with Crippen molar-refractivity contribution in [1.29, 1.82) is 10.5 Å². The van der Waals surface area contributed by atoms with E-state index in [9.17, 15) is 4.39 Å². The van der Waals surface area contributed by atoms with E-state index >= 15 is 0 Å². The molecule has 1 fully saturated rings. The van der Waals surface area contributed by atoms with Crippen molar-refractivity contribution in [3.63, 3.8) is 0 Å². The second-order valence-electron chi connectivity index (χ2n) is 6.74. The molecule has 1 unspecified atom stereocenters. The Balaban J connectivity index is 1.75. The van der Waals surface area contributed by atoms with Gasteiger partial charge in [-0.2, -0.15) is 15.6 Å². The lowest BCUT2D eigenvalue weighted by Crippen LogP contribution is -2.16. The minimum atomic E-state index is -0.530. The lowest BCUT2D eigenvalue weighted by molar-refractivity contribution is 0.142. The van der Waals surface area contributed by atoms with E-state index in [1.54, 1.807) is 24.3 Å². The Morgan fingerprint density at radius 3 is 2.81 bits per heavy atom. The quantitative estimate of drug-likeness (QED) is 0.422. The summed E-state index contributed by atoms with van der Waals surface area (Å²) in [6.45, 7) is 1.05. The molecular weight excluding hydrogens is 437 g/mol. The molecule has 1 atom stereocenters. The largest absolute Gasteiger partial charge is 0.486 e. The maximum absolute atomic E-state index is 13.5. The number of nitrogens with one attached hydrogen (secondary N) is 2. The number of anilines is 3. The molecule has 2 heterocycles. The Kier molecular flexibility index (Phi) is 6.26. The third-order valence-corrected chi connectivity index (χ3v) is 4.89. The van der Waals surface area contributed by atoms with E-state index in [-0.39, 0.29) is 16.8 Å². The standard InChI is InChI=1S/C21H15ClFN7O2/c22-16-5-12(1-2-17(16)23)28-21-15-6-19(30-29-13(8-24)9-25)20(7-18(15)26-11-27-21)32-14-3-4-31-10-14/h1-2,5-7,11,14,30H,3-4,10H2,(H,26,27,28). The Hall–Kier alpha value is -3.99. The first-order chi connectivity index (χ1) is 15.6. The maximum atomic E-state index is 13.5. The molecule has 1 aliphatic rings. The fourth-order valence-corrected chi connectivity index (χ4v) is 3.24. The van der Waals surface area contributed by atoms with Crippen molar-refractivity contribution in [2.45, 2.75) is 12.5 Å². The smallest absolute Gasteiger partial charge is 0.237 e. The fraction of sp³-hybridized carbons (Fsp3) is 0.190. The Bertz CT molecular complexity index is 1260. The van der Waals surface area contributed by atoms with Crippen LogP contribution in [0.1, 0.15) is 6.42 Å². The number of halogens is 2. The third-order valence-electron chi connectivity index (χ3n) is 4.60. The number of benzene rings is 2. The third kappa shape index (κ3) is 4.67. The summed E-state index contributed by atoms with van der Waals surface area (Å²) in [6, 6.07) is 11.0. The molecule has 0 saturated carbocycles. The molecule has 1 saturated heterocycles. The van der Waals surface area contributed by atoms with E-state index in [1.165, 1.54) is 24.5 Å². The average Bonchev–Trinajstić information content (AvgIpc) is 3.30. The monoisotopic (exact) mass is 451 g/mol. The van der Waals surface area contributed by atoms with Crippen molar-refractivity contribution >= 4 is 45.4 Å². The predicted molar refractivity (Wildman–Crippen MR) is 116 cm³/mol. The van der Waals surface area contributed by atoms with Crippen molar-refractivity contribution in [3.05, 3.63) is 47.5 Å². The molecule has 11 heteroatoms. The lowest BCUT2D eigenvalue weighted by atomic mass is 10.2. The average molecular weight is 452 g/mol. The van der Waals surface area contributed by atoms with Gasteiger partial charge in [-0.25, -0.2) is 14.4 Å². The van der Waals surface area contributed by atoms with E-state index in [2.05, 4.69) is 25.8 Å². The van der Waals surface area contributed by atoms with Crippen LogP contribution >= 0.6 is 11.6 Å². The van der Waals surface area contributed by atoms with E-state index in [0.29, 0.717) is 47.1 Å². The van der Waals surface area contributed by atoms with Gasteiger partial charge in [-0.1, -0.05) is 11.6 Å². The normalized spacial score (nSPS) is 14.9. The second kappa shape index (κ2) is 9.43. The van der Waals surface area contributed by atoms with Gasteiger partial charge in [0, 0.05) is 23.6 Å². The first-order valence-corrected chi connectivity index (χ1v) is 9.84. The first kappa shape index (κ1) is 21.2. The minimum absolute atomic E-state index is 0.0277. The van der Waals surface area contributed by atoms with Crippen molar-refractivity contribution in [3.8, 4) is 17.9 Å². The fourth-order valence-electron chi connectivity index (χ4n) is 3.06. The number of rotatable bonds is 6. The van der Waals surface area contributed by atoms with Crippen LogP contribution in [0.5, 0.6) is 5.75 Å². The van der Waals surface area contributed by atoms with Crippen LogP contribution in [0.2, 0.25) is 5.02 Å². The topological polar surface area (TPSA) is 128 Å². The summed E-state index contributed by atoms with van der Waals surface area (Å²) in [5.41, 5.74) is 3.87. The van der Waals surface area contributed by atoms with Gasteiger partial charge in [-0.05, 0) is 24.3 Å². The van der Waals surface area contributed by atoms with E-state index in [4.69, 9.17) is 31.6 Å². The maximum Gasteiger partial charge on any atom is 0.237 e. The number of ether oxygens (including phenoxy) is 2. The van der Waals surface area contributed by atoms with Gasteiger partial charge in [0.2, 0.25) is 5.71 Å². The van der Waals surface area contributed by atoms with Gasteiger partial charge in [0.15, 0.2) is 0 Å². The van der Waals surface area contributed by atoms with Crippen LogP contribution in [0.25, 0.3) is 10.9 Å². The molecular formula is C21H15ClFN7O2. The Morgan fingerprint density at radius 1 is 1.25 bits per heavy atom. The number of fused-ring (bicyclic) bond motifs is 1. The van der Waals surface area contributed by atoms with Crippen LogP contribution < -0.4 is 15.5 Å². The summed E-state index contributed by atoms with van der Waals surface area (Å²) >= 11 is 5.87. The molecule has 9 nitrogen and oxygen atoms in total.